The number of amides is 3. The second kappa shape index (κ2) is 12.6. The summed E-state index contributed by atoms with van der Waals surface area (Å²) in [6.07, 6.45) is -5.06. The lowest BCUT2D eigenvalue weighted by atomic mass is 10.1. The summed E-state index contributed by atoms with van der Waals surface area (Å²) < 4.78 is 31.7. The number of carboxylic acid groups (broad SMARTS) is 1. The molecule has 0 unspecified atom stereocenters. The number of alkyl halides is 3. The molecular formula is C20H29F3N4O5. The van der Waals surface area contributed by atoms with Gasteiger partial charge in [0, 0.05) is 30.1 Å². The van der Waals surface area contributed by atoms with E-state index in [0.717, 1.165) is 0 Å². The zero-order valence-corrected chi connectivity index (χ0v) is 18.2. The molecule has 0 aliphatic carbocycles. The van der Waals surface area contributed by atoms with E-state index in [1.807, 2.05) is 26.8 Å². The first-order chi connectivity index (χ1) is 14.5. The molecule has 0 radical (unpaired) electrons. The first-order valence-corrected chi connectivity index (χ1v) is 9.53. The molecule has 0 fully saturated rings. The van der Waals surface area contributed by atoms with Crippen molar-refractivity contribution in [2.24, 2.45) is 5.73 Å². The quantitative estimate of drug-likeness (QED) is 0.417. The van der Waals surface area contributed by atoms with Gasteiger partial charge in [0.1, 0.15) is 6.04 Å². The van der Waals surface area contributed by atoms with Gasteiger partial charge in [-0.1, -0.05) is 18.2 Å². The molecule has 3 amide bonds. The van der Waals surface area contributed by atoms with E-state index in [1.165, 1.54) is 0 Å². The average Bonchev–Trinajstić information content (AvgIpc) is 2.60. The van der Waals surface area contributed by atoms with Crippen LogP contribution < -0.4 is 21.7 Å². The summed E-state index contributed by atoms with van der Waals surface area (Å²) in [4.78, 5) is 44.7. The molecule has 9 nitrogen and oxygen atoms in total. The van der Waals surface area contributed by atoms with Crippen LogP contribution in [0.2, 0.25) is 0 Å². The largest absolute Gasteiger partial charge is 0.490 e. The summed E-state index contributed by atoms with van der Waals surface area (Å²) in [5.41, 5.74) is 6.16. The Hall–Kier alpha value is -3.15. The van der Waals surface area contributed by atoms with Gasteiger partial charge in [0.15, 0.2) is 0 Å². The summed E-state index contributed by atoms with van der Waals surface area (Å²) in [6, 6.07) is 7.67. The SMILES string of the molecule is C[C@H](NC(=O)C[C@@H](N)CC(=O)NC(C)(C)C)C(=O)Nc1ccccc1.O=C(O)C(F)(F)F. The van der Waals surface area contributed by atoms with Gasteiger partial charge in [-0.15, -0.1) is 0 Å². The molecule has 12 heteroatoms. The maximum absolute atomic E-state index is 12.0. The monoisotopic (exact) mass is 462 g/mol. The highest BCUT2D eigenvalue weighted by Crippen LogP contribution is 2.13. The number of hydrogen-bond donors (Lipinski definition) is 5. The van der Waals surface area contributed by atoms with Crippen LogP contribution in [-0.4, -0.2) is 52.6 Å². The third kappa shape index (κ3) is 14.0. The molecule has 1 rings (SSSR count). The number of nitrogens with one attached hydrogen (secondary N) is 3. The van der Waals surface area contributed by atoms with Gasteiger partial charge < -0.3 is 26.8 Å². The number of anilines is 1. The molecule has 1 aromatic carbocycles. The van der Waals surface area contributed by atoms with Crippen LogP contribution in [0.25, 0.3) is 0 Å². The fourth-order valence-corrected chi connectivity index (χ4v) is 2.16. The molecule has 32 heavy (non-hydrogen) atoms. The van der Waals surface area contributed by atoms with Crippen LogP contribution in [0, 0.1) is 0 Å². The van der Waals surface area contributed by atoms with Crippen molar-refractivity contribution in [1.82, 2.24) is 10.6 Å². The van der Waals surface area contributed by atoms with Crippen molar-refractivity contribution in [2.75, 3.05) is 5.32 Å². The normalized spacial score (nSPS) is 13.0. The number of nitrogens with two attached hydrogens (primary N) is 1. The summed E-state index contributed by atoms with van der Waals surface area (Å²) in [7, 11) is 0. The smallest absolute Gasteiger partial charge is 0.475 e. The van der Waals surface area contributed by atoms with E-state index in [0.29, 0.717) is 5.69 Å². The number of hydrogen-bond acceptors (Lipinski definition) is 5. The highest BCUT2D eigenvalue weighted by molar-refractivity contribution is 5.97. The maximum atomic E-state index is 12.0. The summed E-state index contributed by atoms with van der Waals surface area (Å²) in [5.74, 6) is -3.65. The third-order valence-electron chi connectivity index (χ3n) is 3.46. The van der Waals surface area contributed by atoms with Crippen LogP contribution >= 0.6 is 0 Å². The maximum Gasteiger partial charge on any atom is 0.490 e. The molecule has 6 N–H and O–H groups in total. The molecule has 0 heterocycles. The van der Waals surface area contributed by atoms with Crippen molar-refractivity contribution in [3.63, 3.8) is 0 Å². The first kappa shape index (κ1) is 28.9. The molecule has 0 spiro atoms. The van der Waals surface area contributed by atoms with Gasteiger partial charge in [0.2, 0.25) is 17.7 Å². The van der Waals surface area contributed by atoms with Crippen molar-refractivity contribution < 1.29 is 37.5 Å². The van der Waals surface area contributed by atoms with Crippen LogP contribution in [0.4, 0.5) is 18.9 Å². The number of para-hydroxylation sites is 1. The number of carbonyl (C=O) groups excluding carboxylic acids is 3. The number of carboxylic acids is 1. The lowest BCUT2D eigenvalue weighted by Crippen LogP contribution is -2.45. The van der Waals surface area contributed by atoms with E-state index in [9.17, 15) is 27.6 Å². The highest BCUT2D eigenvalue weighted by atomic mass is 19.4. The van der Waals surface area contributed by atoms with Gasteiger partial charge in [-0.2, -0.15) is 13.2 Å². The Kier molecular flexibility index (Phi) is 11.4. The van der Waals surface area contributed by atoms with Crippen LogP contribution in [0.3, 0.4) is 0 Å². The minimum Gasteiger partial charge on any atom is -0.475 e. The Bertz CT molecular complexity index is 780. The molecular weight excluding hydrogens is 433 g/mol. The topological polar surface area (TPSA) is 151 Å². The number of rotatable bonds is 7. The number of halogens is 3. The van der Waals surface area contributed by atoms with E-state index in [2.05, 4.69) is 16.0 Å². The molecule has 0 aromatic heterocycles. The highest BCUT2D eigenvalue weighted by Gasteiger charge is 2.38. The van der Waals surface area contributed by atoms with E-state index < -0.39 is 24.2 Å². The van der Waals surface area contributed by atoms with Gasteiger partial charge >= 0.3 is 12.1 Å². The zero-order chi connectivity index (χ0) is 25.1. The average molecular weight is 462 g/mol. The molecule has 0 aliphatic rings. The molecule has 0 saturated carbocycles. The van der Waals surface area contributed by atoms with Crippen molar-refractivity contribution >= 4 is 29.4 Å². The van der Waals surface area contributed by atoms with E-state index in [4.69, 9.17) is 15.6 Å². The van der Waals surface area contributed by atoms with E-state index in [1.54, 1.807) is 31.2 Å². The summed E-state index contributed by atoms with van der Waals surface area (Å²) in [5, 5.41) is 15.2. The molecule has 2 atom stereocenters. The first-order valence-electron chi connectivity index (χ1n) is 9.53. The predicted molar refractivity (Wildman–Crippen MR) is 111 cm³/mol. The fourth-order valence-electron chi connectivity index (χ4n) is 2.16. The van der Waals surface area contributed by atoms with E-state index in [-0.39, 0.29) is 36.1 Å². The standard InChI is InChI=1S/C18H28N4O3.C2HF3O2/c1-12(17(25)21-14-8-6-5-7-9-14)20-15(23)10-13(19)11-16(24)22-18(2,3)4;3-2(4,5)1(6)7/h5-9,12-13H,10-11,19H2,1-4H3,(H,20,23)(H,21,25)(H,22,24);(H,6,7)/t12-,13+;/m0./s1. The fraction of sp³-hybridized carbons (Fsp3) is 0.500. The van der Waals surface area contributed by atoms with E-state index >= 15 is 0 Å². The van der Waals surface area contributed by atoms with Gasteiger partial charge in [-0.3, -0.25) is 14.4 Å². The van der Waals surface area contributed by atoms with Crippen LogP contribution in [0.5, 0.6) is 0 Å². The van der Waals surface area contributed by atoms with Crippen LogP contribution in [-0.2, 0) is 19.2 Å². The number of aliphatic carboxylic acids is 1. The Morgan fingerprint density at radius 1 is 1.00 bits per heavy atom. The number of benzene rings is 1. The molecule has 180 valence electrons. The predicted octanol–water partition coefficient (Wildman–Crippen LogP) is 1.79. The molecule has 0 aliphatic heterocycles. The Morgan fingerprint density at radius 2 is 1.47 bits per heavy atom. The second-order valence-electron chi connectivity index (χ2n) is 7.91. The van der Waals surface area contributed by atoms with Crippen molar-refractivity contribution in [3.8, 4) is 0 Å². The van der Waals surface area contributed by atoms with Crippen molar-refractivity contribution in [1.29, 1.82) is 0 Å². The van der Waals surface area contributed by atoms with Gasteiger partial charge in [-0.05, 0) is 39.8 Å². The van der Waals surface area contributed by atoms with Gasteiger partial charge in [-0.25, -0.2) is 4.79 Å². The Morgan fingerprint density at radius 3 is 1.91 bits per heavy atom. The van der Waals surface area contributed by atoms with Gasteiger partial charge in [0.05, 0.1) is 0 Å². The van der Waals surface area contributed by atoms with Crippen LogP contribution in [0.1, 0.15) is 40.5 Å². The Balaban J connectivity index is 0.00000118. The molecule has 0 bridgehead atoms. The summed E-state index contributed by atoms with van der Waals surface area (Å²) >= 11 is 0. The number of carbonyl (C=O) groups is 4. The van der Waals surface area contributed by atoms with Crippen LogP contribution in [0.15, 0.2) is 30.3 Å². The van der Waals surface area contributed by atoms with Gasteiger partial charge in [0.25, 0.3) is 0 Å². The second-order valence-corrected chi connectivity index (χ2v) is 7.91. The minimum absolute atomic E-state index is 0.0273. The lowest BCUT2D eigenvalue weighted by molar-refractivity contribution is -0.192. The van der Waals surface area contributed by atoms with Crippen molar-refractivity contribution in [2.45, 2.75) is 64.3 Å². The third-order valence-corrected chi connectivity index (χ3v) is 3.46. The zero-order valence-electron chi connectivity index (χ0n) is 18.2. The lowest BCUT2D eigenvalue weighted by Gasteiger charge is -2.22. The molecule has 0 saturated heterocycles. The Labute approximate surface area is 183 Å². The summed E-state index contributed by atoms with van der Waals surface area (Å²) in [6.45, 7) is 7.20. The minimum atomic E-state index is -5.08. The van der Waals surface area contributed by atoms with Crippen molar-refractivity contribution in [3.05, 3.63) is 30.3 Å². The molecule has 1 aromatic rings.